The average Bonchev–Trinajstić information content (AvgIpc) is 3.11. The quantitative estimate of drug-likeness (QED) is 0.720. The van der Waals surface area contributed by atoms with Gasteiger partial charge in [-0.2, -0.15) is 5.10 Å². The molecule has 1 amide bonds. The third kappa shape index (κ3) is 4.13. The smallest absolute Gasteiger partial charge is 0.410 e. The number of carbonyl (C=O) groups excluding carboxylic acids is 1. The number of rotatable bonds is 2. The van der Waals surface area contributed by atoms with Crippen LogP contribution in [-0.2, 0) is 9.47 Å². The maximum Gasteiger partial charge on any atom is 0.410 e. The number of anilines is 1. The van der Waals surface area contributed by atoms with Crippen LogP contribution < -0.4 is 4.90 Å². The van der Waals surface area contributed by atoms with Gasteiger partial charge in [-0.15, -0.1) is 0 Å². The molecule has 4 rings (SSSR count). The van der Waals surface area contributed by atoms with Crippen molar-refractivity contribution in [2.75, 3.05) is 24.6 Å². The maximum absolute atomic E-state index is 12.7. The molecule has 1 aromatic carbocycles. The predicted octanol–water partition coefficient (Wildman–Crippen LogP) is 4.57. The minimum atomic E-state index is -0.491. The van der Waals surface area contributed by atoms with Gasteiger partial charge in [0, 0.05) is 30.8 Å². The number of aromatic nitrogens is 2. The van der Waals surface area contributed by atoms with Gasteiger partial charge in [-0.25, -0.2) is 9.48 Å². The Morgan fingerprint density at radius 1 is 1.17 bits per heavy atom. The number of piperazine rings is 1. The molecule has 1 unspecified atom stereocenters. The van der Waals surface area contributed by atoms with Crippen LogP contribution in [0.1, 0.15) is 60.1 Å². The fraction of sp³-hybridized carbons (Fsp3) is 0.652. The number of ether oxygens (including phenoxy) is 2. The van der Waals surface area contributed by atoms with Crippen LogP contribution in [0.25, 0.3) is 10.9 Å². The van der Waals surface area contributed by atoms with Gasteiger partial charge in [0.2, 0.25) is 0 Å². The molecular weight excluding hydrogens is 380 g/mol. The second-order valence-electron chi connectivity index (χ2n) is 9.61. The van der Waals surface area contributed by atoms with E-state index in [1.807, 2.05) is 36.5 Å². The highest BCUT2D eigenvalue weighted by molar-refractivity contribution is 5.92. The number of benzene rings is 1. The molecule has 2 aliphatic heterocycles. The van der Waals surface area contributed by atoms with E-state index in [2.05, 4.69) is 42.0 Å². The van der Waals surface area contributed by atoms with Gasteiger partial charge in [0.25, 0.3) is 0 Å². The monoisotopic (exact) mass is 414 g/mol. The van der Waals surface area contributed by atoms with Crippen LogP contribution in [0.4, 0.5) is 10.5 Å². The van der Waals surface area contributed by atoms with Gasteiger partial charge in [0.1, 0.15) is 5.60 Å². The third-order valence-corrected chi connectivity index (χ3v) is 5.91. The van der Waals surface area contributed by atoms with E-state index in [1.165, 1.54) is 6.42 Å². The van der Waals surface area contributed by atoms with E-state index in [1.54, 1.807) is 0 Å². The zero-order chi connectivity index (χ0) is 21.5. The summed E-state index contributed by atoms with van der Waals surface area (Å²) in [4.78, 5) is 17.0. The van der Waals surface area contributed by atoms with Crippen molar-refractivity contribution in [2.24, 2.45) is 0 Å². The van der Waals surface area contributed by atoms with E-state index < -0.39 is 5.60 Å². The highest BCUT2D eigenvalue weighted by Gasteiger charge is 2.36. The molecule has 3 atom stereocenters. The molecule has 7 heteroatoms. The Kier molecular flexibility index (Phi) is 5.66. The van der Waals surface area contributed by atoms with Gasteiger partial charge in [-0.1, -0.05) is 6.07 Å². The molecule has 30 heavy (non-hydrogen) atoms. The van der Waals surface area contributed by atoms with Crippen LogP contribution in [0, 0.1) is 0 Å². The van der Waals surface area contributed by atoms with Crippen molar-refractivity contribution in [3.8, 4) is 0 Å². The lowest BCUT2D eigenvalue weighted by Gasteiger charge is -2.45. The Hall–Kier alpha value is -2.28. The van der Waals surface area contributed by atoms with Crippen LogP contribution in [0.15, 0.2) is 24.4 Å². The highest BCUT2D eigenvalue weighted by atomic mass is 16.6. The minimum Gasteiger partial charge on any atom is -0.444 e. The van der Waals surface area contributed by atoms with Gasteiger partial charge < -0.3 is 14.4 Å². The lowest BCUT2D eigenvalue weighted by atomic mass is 10.1. The normalized spacial score (nSPS) is 25.6. The fourth-order valence-electron chi connectivity index (χ4n) is 4.67. The van der Waals surface area contributed by atoms with Crippen molar-refractivity contribution in [1.29, 1.82) is 0 Å². The summed E-state index contributed by atoms with van der Waals surface area (Å²) in [7, 11) is 0. The van der Waals surface area contributed by atoms with E-state index in [9.17, 15) is 4.79 Å². The fourth-order valence-corrected chi connectivity index (χ4v) is 4.67. The van der Waals surface area contributed by atoms with Crippen molar-refractivity contribution in [3.05, 3.63) is 24.4 Å². The summed E-state index contributed by atoms with van der Waals surface area (Å²) >= 11 is 0. The largest absolute Gasteiger partial charge is 0.444 e. The molecule has 3 heterocycles. The minimum absolute atomic E-state index is 0.0216. The number of nitrogens with zero attached hydrogens (tertiary/aromatic N) is 4. The number of carbonyl (C=O) groups is 1. The summed E-state index contributed by atoms with van der Waals surface area (Å²) in [6.45, 7) is 12.2. The summed E-state index contributed by atoms with van der Waals surface area (Å²) < 4.78 is 13.6. The first-order valence-electron chi connectivity index (χ1n) is 11.1. The average molecular weight is 415 g/mol. The Balaban J connectivity index is 1.56. The van der Waals surface area contributed by atoms with Crippen molar-refractivity contribution in [3.63, 3.8) is 0 Å². The van der Waals surface area contributed by atoms with Crippen LogP contribution >= 0.6 is 0 Å². The van der Waals surface area contributed by atoms with Gasteiger partial charge in [-0.05, 0) is 66.0 Å². The molecule has 2 fully saturated rings. The summed E-state index contributed by atoms with van der Waals surface area (Å²) in [6, 6.07) is 6.46. The molecule has 164 valence electrons. The summed E-state index contributed by atoms with van der Waals surface area (Å²) in [5, 5.41) is 5.81. The second kappa shape index (κ2) is 8.10. The van der Waals surface area contributed by atoms with E-state index in [-0.39, 0.29) is 24.4 Å². The van der Waals surface area contributed by atoms with Crippen molar-refractivity contribution in [2.45, 2.75) is 77.8 Å². The molecule has 0 N–H and O–H groups in total. The SMILES string of the molecule is C[C@@H]1CN(c2cccc3c2cnn3C2CCCCO2)C[C@H](C)N1C(=O)OC(C)(C)C. The number of hydrogen-bond acceptors (Lipinski definition) is 5. The zero-order valence-corrected chi connectivity index (χ0v) is 18.8. The van der Waals surface area contributed by atoms with Crippen LogP contribution in [0.5, 0.6) is 0 Å². The number of hydrogen-bond donors (Lipinski definition) is 0. The Labute approximate surface area is 178 Å². The van der Waals surface area contributed by atoms with Crippen molar-refractivity contribution in [1.82, 2.24) is 14.7 Å². The molecule has 7 nitrogen and oxygen atoms in total. The Bertz CT molecular complexity index is 885. The summed E-state index contributed by atoms with van der Waals surface area (Å²) in [5.74, 6) is 0. The second-order valence-corrected chi connectivity index (χ2v) is 9.61. The van der Waals surface area contributed by atoms with E-state index >= 15 is 0 Å². The Morgan fingerprint density at radius 2 is 1.90 bits per heavy atom. The first-order valence-corrected chi connectivity index (χ1v) is 11.1. The lowest BCUT2D eigenvalue weighted by Crippen LogP contribution is -2.59. The standard InChI is InChI=1S/C23H34N4O3/c1-16-14-25(15-17(2)26(16)22(28)30-23(3,4)5)19-9-8-10-20-18(19)13-24-27(20)21-11-6-7-12-29-21/h8-10,13,16-17,21H,6-7,11-12,14-15H2,1-5H3/t16-,17+,21?. The van der Waals surface area contributed by atoms with Crippen molar-refractivity contribution < 1.29 is 14.3 Å². The lowest BCUT2D eigenvalue weighted by molar-refractivity contribution is -0.0366. The van der Waals surface area contributed by atoms with Crippen LogP contribution in [0.2, 0.25) is 0 Å². The number of amides is 1. The predicted molar refractivity (Wildman–Crippen MR) is 118 cm³/mol. The zero-order valence-electron chi connectivity index (χ0n) is 18.8. The van der Waals surface area contributed by atoms with Crippen molar-refractivity contribution >= 4 is 22.7 Å². The highest BCUT2D eigenvalue weighted by Crippen LogP contribution is 2.33. The first-order chi connectivity index (χ1) is 14.2. The van der Waals surface area contributed by atoms with Gasteiger partial charge in [0.05, 0.1) is 23.8 Å². The molecule has 0 bridgehead atoms. The molecular formula is C23H34N4O3. The molecule has 0 radical (unpaired) electrons. The molecule has 1 aromatic heterocycles. The summed E-state index contributed by atoms with van der Waals surface area (Å²) in [5.41, 5.74) is 1.78. The van der Waals surface area contributed by atoms with E-state index in [4.69, 9.17) is 9.47 Å². The van der Waals surface area contributed by atoms with Gasteiger partial charge >= 0.3 is 6.09 Å². The third-order valence-electron chi connectivity index (χ3n) is 5.91. The topological polar surface area (TPSA) is 59.8 Å². The molecule has 2 saturated heterocycles. The van der Waals surface area contributed by atoms with Gasteiger partial charge in [0.15, 0.2) is 6.23 Å². The number of fused-ring (bicyclic) bond motifs is 1. The molecule has 2 aliphatic rings. The van der Waals surface area contributed by atoms with Crippen LogP contribution in [-0.4, -0.2) is 58.2 Å². The first kappa shape index (κ1) is 21.0. The molecule has 2 aromatic rings. The molecule has 0 aliphatic carbocycles. The molecule has 0 saturated carbocycles. The maximum atomic E-state index is 12.7. The summed E-state index contributed by atoms with van der Waals surface area (Å²) in [6.07, 6.45) is 5.05. The Morgan fingerprint density at radius 3 is 2.53 bits per heavy atom. The van der Waals surface area contributed by atoms with Crippen LogP contribution in [0.3, 0.4) is 0 Å². The molecule has 0 spiro atoms. The van der Waals surface area contributed by atoms with Gasteiger partial charge in [-0.3, -0.25) is 4.90 Å². The van der Waals surface area contributed by atoms with E-state index in [0.717, 1.165) is 49.1 Å². The van der Waals surface area contributed by atoms with E-state index in [0.29, 0.717) is 0 Å².